The van der Waals surface area contributed by atoms with Crippen molar-refractivity contribution in [3.05, 3.63) is 46.3 Å². The summed E-state index contributed by atoms with van der Waals surface area (Å²) < 4.78 is 0. The molecule has 1 aromatic heterocycles. The van der Waals surface area contributed by atoms with Gasteiger partial charge < -0.3 is 0 Å². The number of hydrogen-bond donors (Lipinski definition) is 0. The lowest BCUT2D eigenvalue weighted by atomic mass is 10.1. The number of nitro benzene ring substituents is 1. The zero-order chi connectivity index (χ0) is 15.4. The average Bonchev–Trinajstić information content (AvgIpc) is 2.81. The van der Waals surface area contributed by atoms with E-state index in [0.29, 0.717) is 11.1 Å². The van der Waals surface area contributed by atoms with E-state index in [1.165, 1.54) is 18.9 Å². The van der Waals surface area contributed by atoms with Gasteiger partial charge in [0.25, 0.3) is 5.69 Å². The Morgan fingerprint density at radius 3 is 2.64 bits per heavy atom. The van der Waals surface area contributed by atoms with Crippen molar-refractivity contribution in [3.8, 4) is 0 Å². The first kappa shape index (κ1) is 14.4. The first-order chi connectivity index (χ1) is 10.8. The van der Waals surface area contributed by atoms with Crippen molar-refractivity contribution in [1.29, 1.82) is 0 Å². The lowest BCUT2D eigenvalue weighted by molar-refractivity contribution is -0.383. The molecule has 114 valence electrons. The molecule has 2 aromatic rings. The molecular formula is C16H18N4O2. The second kappa shape index (κ2) is 6.51. The molecule has 0 unspecified atom stereocenters. The zero-order valence-corrected chi connectivity index (χ0v) is 12.3. The van der Waals surface area contributed by atoms with E-state index in [4.69, 9.17) is 0 Å². The topological polar surface area (TPSA) is 71.6 Å². The highest BCUT2D eigenvalue weighted by atomic mass is 16.6. The van der Waals surface area contributed by atoms with Crippen molar-refractivity contribution >= 4 is 22.7 Å². The molecular weight excluding hydrogens is 280 g/mol. The summed E-state index contributed by atoms with van der Waals surface area (Å²) in [7, 11) is 0. The van der Waals surface area contributed by atoms with E-state index in [2.05, 4.69) is 15.1 Å². The number of nitro groups is 1. The Kier molecular flexibility index (Phi) is 4.27. The van der Waals surface area contributed by atoms with Crippen LogP contribution in [0.25, 0.3) is 10.8 Å². The van der Waals surface area contributed by atoms with Crippen LogP contribution >= 0.6 is 0 Å². The van der Waals surface area contributed by atoms with Crippen LogP contribution in [0.2, 0.25) is 0 Å². The Morgan fingerprint density at radius 2 is 1.91 bits per heavy atom. The Bertz CT molecular complexity index is 706. The summed E-state index contributed by atoms with van der Waals surface area (Å²) in [5, 5.41) is 19.0. The lowest BCUT2D eigenvalue weighted by Gasteiger charge is -2.15. The largest absolute Gasteiger partial charge is 0.297 e. The van der Waals surface area contributed by atoms with Gasteiger partial charge in [-0.2, -0.15) is 5.10 Å². The van der Waals surface area contributed by atoms with Crippen molar-refractivity contribution in [1.82, 2.24) is 9.99 Å². The van der Waals surface area contributed by atoms with Crippen LogP contribution in [0.1, 0.15) is 31.4 Å². The van der Waals surface area contributed by atoms with Gasteiger partial charge in [-0.15, -0.1) is 0 Å². The van der Waals surface area contributed by atoms with Gasteiger partial charge in [0, 0.05) is 30.7 Å². The fourth-order valence-corrected chi connectivity index (χ4v) is 2.78. The second-order valence-corrected chi connectivity index (χ2v) is 5.44. The molecule has 0 amide bonds. The molecule has 6 heteroatoms. The fourth-order valence-electron chi connectivity index (χ4n) is 2.78. The third-order valence-electron chi connectivity index (χ3n) is 3.94. The third-order valence-corrected chi connectivity index (χ3v) is 3.94. The van der Waals surface area contributed by atoms with Crippen LogP contribution in [0.5, 0.6) is 0 Å². The summed E-state index contributed by atoms with van der Waals surface area (Å²) in [4.78, 5) is 15.1. The van der Waals surface area contributed by atoms with Gasteiger partial charge in [0.2, 0.25) is 0 Å². The monoisotopic (exact) mass is 298 g/mol. The standard InChI is InChI=1S/C16H18N4O2/c21-20(22)16-7-5-6-13-14(16)8-9-17-15(13)12-18-19-10-3-1-2-4-11-19/h5-9,12H,1-4,10-11H2/b18-12+. The molecule has 0 spiro atoms. The fraction of sp³-hybridized carbons (Fsp3) is 0.375. The predicted octanol–water partition coefficient (Wildman–Crippen LogP) is 3.35. The predicted molar refractivity (Wildman–Crippen MR) is 86.0 cm³/mol. The first-order valence-corrected chi connectivity index (χ1v) is 7.57. The first-order valence-electron chi connectivity index (χ1n) is 7.57. The smallest absolute Gasteiger partial charge is 0.277 e. The van der Waals surface area contributed by atoms with Gasteiger partial charge in [0.15, 0.2) is 0 Å². The van der Waals surface area contributed by atoms with Crippen molar-refractivity contribution in [2.24, 2.45) is 5.10 Å². The van der Waals surface area contributed by atoms with Gasteiger partial charge in [-0.3, -0.25) is 20.1 Å². The Hall–Kier alpha value is -2.50. The number of rotatable bonds is 3. The molecule has 0 atom stereocenters. The molecule has 22 heavy (non-hydrogen) atoms. The molecule has 0 aliphatic carbocycles. The van der Waals surface area contributed by atoms with Crippen LogP contribution in [0, 0.1) is 10.1 Å². The van der Waals surface area contributed by atoms with Crippen LogP contribution in [0.15, 0.2) is 35.6 Å². The molecule has 0 radical (unpaired) electrons. The number of pyridine rings is 1. The summed E-state index contributed by atoms with van der Waals surface area (Å²) in [5.41, 5.74) is 0.773. The number of hydrazone groups is 1. The molecule has 1 aliphatic heterocycles. The maximum absolute atomic E-state index is 11.1. The molecule has 1 aromatic carbocycles. The minimum absolute atomic E-state index is 0.101. The van der Waals surface area contributed by atoms with Crippen LogP contribution in [0.4, 0.5) is 5.69 Å². The van der Waals surface area contributed by atoms with E-state index in [1.807, 2.05) is 6.07 Å². The molecule has 1 aliphatic rings. The minimum Gasteiger partial charge on any atom is -0.297 e. The van der Waals surface area contributed by atoms with Gasteiger partial charge in [0.1, 0.15) is 0 Å². The number of non-ortho nitro benzene ring substituents is 1. The SMILES string of the molecule is O=[N+]([O-])c1cccc2c(/C=N/N3CCCCCC3)nccc12. The molecule has 3 rings (SSSR count). The van der Waals surface area contributed by atoms with E-state index < -0.39 is 0 Å². The van der Waals surface area contributed by atoms with Gasteiger partial charge in [-0.05, 0) is 18.9 Å². The van der Waals surface area contributed by atoms with Crippen LogP contribution in [0.3, 0.4) is 0 Å². The van der Waals surface area contributed by atoms with Crippen molar-refractivity contribution in [3.63, 3.8) is 0 Å². The van der Waals surface area contributed by atoms with Gasteiger partial charge >= 0.3 is 0 Å². The molecule has 6 nitrogen and oxygen atoms in total. The maximum atomic E-state index is 11.1. The normalized spacial score (nSPS) is 16.1. The molecule has 1 saturated heterocycles. The number of benzene rings is 1. The number of nitrogens with zero attached hydrogens (tertiary/aromatic N) is 4. The number of hydrogen-bond acceptors (Lipinski definition) is 5. The average molecular weight is 298 g/mol. The summed E-state index contributed by atoms with van der Waals surface area (Å²) >= 11 is 0. The molecule has 0 bridgehead atoms. The molecule has 2 heterocycles. The molecule has 0 N–H and O–H groups in total. The van der Waals surface area contributed by atoms with E-state index >= 15 is 0 Å². The lowest BCUT2D eigenvalue weighted by Crippen LogP contribution is -2.18. The summed E-state index contributed by atoms with van der Waals surface area (Å²) in [6.07, 6.45) is 8.14. The van der Waals surface area contributed by atoms with Crippen LogP contribution in [-0.2, 0) is 0 Å². The molecule has 1 fully saturated rings. The maximum Gasteiger partial charge on any atom is 0.277 e. The van der Waals surface area contributed by atoms with E-state index in [-0.39, 0.29) is 10.6 Å². The van der Waals surface area contributed by atoms with Crippen molar-refractivity contribution in [2.75, 3.05) is 13.1 Å². The quantitative estimate of drug-likeness (QED) is 0.495. The molecule has 0 saturated carbocycles. The number of aromatic nitrogens is 1. The van der Waals surface area contributed by atoms with Crippen molar-refractivity contribution < 1.29 is 4.92 Å². The minimum atomic E-state index is -0.363. The van der Waals surface area contributed by atoms with Crippen LogP contribution in [-0.4, -0.2) is 34.2 Å². The third kappa shape index (κ3) is 3.05. The Labute approximate surface area is 128 Å². The van der Waals surface area contributed by atoms with Gasteiger partial charge in [-0.25, -0.2) is 0 Å². The Morgan fingerprint density at radius 1 is 1.14 bits per heavy atom. The zero-order valence-electron chi connectivity index (χ0n) is 12.3. The highest BCUT2D eigenvalue weighted by Gasteiger charge is 2.13. The van der Waals surface area contributed by atoms with E-state index in [0.717, 1.165) is 31.3 Å². The summed E-state index contributed by atoms with van der Waals surface area (Å²) in [6, 6.07) is 6.72. The van der Waals surface area contributed by atoms with E-state index in [1.54, 1.807) is 24.5 Å². The van der Waals surface area contributed by atoms with Crippen molar-refractivity contribution in [2.45, 2.75) is 25.7 Å². The highest BCUT2D eigenvalue weighted by Crippen LogP contribution is 2.26. The number of fused-ring (bicyclic) bond motifs is 1. The Balaban J connectivity index is 1.93. The van der Waals surface area contributed by atoms with E-state index in [9.17, 15) is 10.1 Å². The summed E-state index contributed by atoms with van der Waals surface area (Å²) in [5.74, 6) is 0. The van der Waals surface area contributed by atoms with Gasteiger partial charge in [0.05, 0.1) is 22.2 Å². The van der Waals surface area contributed by atoms with Crippen LogP contribution < -0.4 is 0 Å². The summed E-state index contributed by atoms with van der Waals surface area (Å²) in [6.45, 7) is 1.92. The van der Waals surface area contributed by atoms with Gasteiger partial charge in [-0.1, -0.05) is 25.0 Å². The highest BCUT2D eigenvalue weighted by molar-refractivity contribution is 6.01. The second-order valence-electron chi connectivity index (χ2n) is 5.44.